The third kappa shape index (κ3) is 2.89. The van der Waals surface area contributed by atoms with E-state index in [-0.39, 0.29) is 18.3 Å². The molecule has 0 amide bonds. The Hall–Kier alpha value is -3.41. The summed E-state index contributed by atoms with van der Waals surface area (Å²) in [5.41, 5.74) is 1.29. The minimum Gasteiger partial charge on any atom is -0.462 e. The van der Waals surface area contributed by atoms with E-state index in [1.54, 1.807) is 6.92 Å². The molecule has 4 rings (SSSR count). The van der Waals surface area contributed by atoms with Gasteiger partial charge in [-0.25, -0.2) is 19.3 Å². The molecular weight excluding hydrogens is 374 g/mol. The van der Waals surface area contributed by atoms with Crippen LogP contribution in [0.2, 0.25) is 0 Å². The number of hydrogen-bond acceptors (Lipinski definition) is 9. The quantitative estimate of drug-likeness (QED) is 0.289. The SMILES string of the molecule is CCOC(=O)c1sc2ncn3nc(Cn4ccc([N+](=O)[O-])n4)nc3c2c1C. The van der Waals surface area contributed by atoms with E-state index in [1.807, 2.05) is 6.92 Å². The number of ether oxygens (including phenoxy) is 1. The van der Waals surface area contributed by atoms with E-state index in [1.165, 1.54) is 39.1 Å². The molecule has 0 unspecified atom stereocenters. The van der Waals surface area contributed by atoms with Gasteiger partial charge in [0.05, 0.1) is 29.4 Å². The molecule has 0 saturated carbocycles. The molecule has 0 bridgehead atoms. The van der Waals surface area contributed by atoms with E-state index < -0.39 is 4.92 Å². The van der Waals surface area contributed by atoms with Crippen LogP contribution in [0.4, 0.5) is 5.82 Å². The molecule has 4 aromatic rings. The van der Waals surface area contributed by atoms with Crippen molar-refractivity contribution in [1.82, 2.24) is 29.4 Å². The summed E-state index contributed by atoms with van der Waals surface area (Å²) >= 11 is 1.25. The summed E-state index contributed by atoms with van der Waals surface area (Å²) in [5, 5.41) is 19.7. The van der Waals surface area contributed by atoms with Gasteiger partial charge in [-0.15, -0.1) is 16.4 Å². The van der Waals surface area contributed by atoms with Gasteiger partial charge in [0.2, 0.25) is 0 Å². The highest BCUT2D eigenvalue weighted by Gasteiger charge is 2.21. The van der Waals surface area contributed by atoms with Gasteiger partial charge >= 0.3 is 11.8 Å². The highest BCUT2D eigenvalue weighted by molar-refractivity contribution is 7.20. The van der Waals surface area contributed by atoms with E-state index in [9.17, 15) is 14.9 Å². The molecule has 4 aromatic heterocycles. The van der Waals surface area contributed by atoms with Crippen LogP contribution in [0.5, 0.6) is 0 Å². The zero-order valence-corrected chi connectivity index (χ0v) is 15.1. The van der Waals surface area contributed by atoms with Crippen LogP contribution < -0.4 is 0 Å². The number of nitrogens with zero attached hydrogens (tertiary/aromatic N) is 7. The molecule has 0 aromatic carbocycles. The first-order valence-electron chi connectivity index (χ1n) is 7.96. The van der Waals surface area contributed by atoms with Crippen LogP contribution in [0, 0.1) is 17.0 Å². The average Bonchev–Trinajstić information content (AvgIpc) is 3.32. The molecule has 0 spiro atoms. The predicted molar refractivity (Wildman–Crippen MR) is 94.8 cm³/mol. The molecule has 0 aliphatic heterocycles. The van der Waals surface area contributed by atoms with Gasteiger partial charge in [0, 0.05) is 0 Å². The van der Waals surface area contributed by atoms with E-state index in [2.05, 4.69) is 20.2 Å². The zero-order valence-electron chi connectivity index (χ0n) is 14.3. The van der Waals surface area contributed by atoms with Gasteiger partial charge in [-0.1, -0.05) is 0 Å². The molecule has 12 heteroatoms. The minimum atomic E-state index is -0.563. The lowest BCUT2D eigenvalue weighted by atomic mass is 10.2. The largest absolute Gasteiger partial charge is 0.462 e. The molecule has 0 fully saturated rings. The number of rotatable bonds is 5. The summed E-state index contributed by atoms with van der Waals surface area (Å²) in [6.45, 7) is 4.03. The van der Waals surface area contributed by atoms with Crippen LogP contribution in [0.1, 0.15) is 28.0 Å². The molecule has 0 N–H and O–H groups in total. The third-order valence-corrected chi connectivity index (χ3v) is 5.07. The van der Waals surface area contributed by atoms with E-state index in [0.29, 0.717) is 27.8 Å². The molecule has 0 aliphatic carbocycles. The molecule has 0 saturated heterocycles. The molecule has 0 radical (unpaired) electrons. The predicted octanol–water partition coefficient (Wildman–Crippen LogP) is 1.98. The Balaban J connectivity index is 1.76. The maximum absolute atomic E-state index is 12.1. The van der Waals surface area contributed by atoms with Crippen molar-refractivity contribution in [2.45, 2.75) is 20.4 Å². The van der Waals surface area contributed by atoms with Gasteiger partial charge in [-0.3, -0.25) is 0 Å². The summed E-state index contributed by atoms with van der Waals surface area (Å²) < 4.78 is 8.00. The van der Waals surface area contributed by atoms with Gasteiger partial charge < -0.3 is 14.9 Å². The highest BCUT2D eigenvalue weighted by Crippen LogP contribution is 2.32. The summed E-state index contributed by atoms with van der Waals surface area (Å²) in [6.07, 6.45) is 3.01. The van der Waals surface area contributed by atoms with Crippen molar-refractivity contribution in [2.24, 2.45) is 0 Å². The summed E-state index contributed by atoms with van der Waals surface area (Å²) in [7, 11) is 0. The van der Waals surface area contributed by atoms with Crippen LogP contribution in [0.25, 0.3) is 15.9 Å². The zero-order chi connectivity index (χ0) is 19.1. The Morgan fingerprint density at radius 2 is 2.22 bits per heavy atom. The van der Waals surface area contributed by atoms with Crippen molar-refractivity contribution in [1.29, 1.82) is 0 Å². The van der Waals surface area contributed by atoms with Crippen LogP contribution in [0.3, 0.4) is 0 Å². The first-order chi connectivity index (χ1) is 13.0. The Bertz CT molecular complexity index is 1190. The topological polar surface area (TPSA) is 130 Å². The number of nitro groups is 1. The van der Waals surface area contributed by atoms with Crippen molar-refractivity contribution < 1.29 is 14.5 Å². The monoisotopic (exact) mass is 387 g/mol. The maximum atomic E-state index is 12.1. The second kappa shape index (κ2) is 6.39. The van der Waals surface area contributed by atoms with Gasteiger partial charge in [0.25, 0.3) is 0 Å². The smallest absolute Gasteiger partial charge is 0.389 e. The van der Waals surface area contributed by atoms with E-state index in [4.69, 9.17) is 4.74 Å². The van der Waals surface area contributed by atoms with Crippen molar-refractivity contribution in [3.8, 4) is 0 Å². The van der Waals surface area contributed by atoms with Crippen LogP contribution in [-0.4, -0.2) is 46.9 Å². The van der Waals surface area contributed by atoms with Gasteiger partial charge in [-0.2, -0.15) is 4.68 Å². The lowest BCUT2D eigenvalue weighted by molar-refractivity contribution is -0.389. The molecule has 0 aliphatic rings. The van der Waals surface area contributed by atoms with Gasteiger partial charge in [0.1, 0.15) is 22.6 Å². The van der Waals surface area contributed by atoms with Crippen molar-refractivity contribution >= 4 is 39.0 Å². The maximum Gasteiger partial charge on any atom is 0.389 e. The Morgan fingerprint density at radius 3 is 2.93 bits per heavy atom. The van der Waals surface area contributed by atoms with Crippen molar-refractivity contribution in [2.75, 3.05) is 6.61 Å². The normalized spacial score (nSPS) is 11.3. The first-order valence-corrected chi connectivity index (χ1v) is 8.78. The van der Waals surface area contributed by atoms with Crippen LogP contribution in [0.15, 0.2) is 18.6 Å². The lowest BCUT2D eigenvalue weighted by Crippen LogP contribution is -2.03. The molecule has 138 valence electrons. The Morgan fingerprint density at radius 1 is 1.41 bits per heavy atom. The number of thiophene rings is 1. The van der Waals surface area contributed by atoms with Crippen molar-refractivity contribution in [3.63, 3.8) is 0 Å². The lowest BCUT2D eigenvalue weighted by Gasteiger charge is -1.99. The first kappa shape index (κ1) is 17.0. The fourth-order valence-electron chi connectivity index (χ4n) is 2.72. The number of aromatic nitrogens is 6. The number of carbonyl (C=O) groups is 1. The van der Waals surface area contributed by atoms with Crippen LogP contribution >= 0.6 is 11.3 Å². The standard InChI is InChI=1S/C15H13N7O4S/c1-3-26-15(23)12-8(2)11-13-17-9(18-21(13)7-16-14(11)27-12)6-20-5-4-10(19-20)22(24)25/h4-5,7H,3,6H2,1-2H3. The minimum absolute atomic E-state index is 0.172. The number of carbonyl (C=O) groups excluding carboxylic acids is 1. The van der Waals surface area contributed by atoms with Crippen molar-refractivity contribution in [3.05, 3.63) is 45.0 Å². The number of fused-ring (bicyclic) bond motifs is 3. The molecule has 27 heavy (non-hydrogen) atoms. The summed E-state index contributed by atoms with van der Waals surface area (Å²) in [6, 6.07) is 1.31. The Labute approximate surface area is 155 Å². The second-order valence-electron chi connectivity index (χ2n) is 5.63. The van der Waals surface area contributed by atoms with Gasteiger partial charge in [0.15, 0.2) is 11.5 Å². The summed E-state index contributed by atoms with van der Waals surface area (Å²) in [5.74, 6) is -0.207. The van der Waals surface area contributed by atoms with Crippen LogP contribution in [-0.2, 0) is 11.3 Å². The fourth-order valence-corrected chi connectivity index (χ4v) is 3.75. The van der Waals surface area contributed by atoms with Gasteiger partial charge in [-0.05, 0) is 24.3 Å². The fraction of sp³-hybridized carbons (Fsp3) is 0.267. The number of hydrogen-bond donors (Lipinski definition) is 0. The second-order valence-corrected chi connectivity index (χ2v) is 6.63. The summed E-state index contributed by atoms with van der Waals surface area (Å²) in [4.78, 5) is 32.3. The molecule has 4 heterocycles. The number of esters is 1. The Kier molecular flexibility index (Phi) is 4.03. The molecular formula is C15H13N7O4S. The molecule has 11 nitrogen and oxygen atoms in total. The average molecular weight is 387 g/mol. The third-order valence-electron chi connectivity index (χ3n) is 3.89. The van der Waals surface area contributed by atoms with E-state index in [0.717, 1.165) is 10.9 Å². The molecule has 0 atom stereocenters. The number of aryl methyl sites for hydroxylation is 1. The highest BCUT2D eigenvalue weighted by atomic mass is 32.1. The van der Waals surface area contributed by atoms with E-state index >= 15 is 0 Å².